The lowest BCUT2D eigenvalue weighted by atomic mass is 9.88. The van der Waals surface area contributed by atoms with Gasteiger partial charge in [0.1, 0.15) is 18.0 Å². The second-order valence-corrected chi connectivity index (χ2v) is 5.32. The van der Waals surface area contributed by atoms with Crippen molar-refractivity contribution in [2.45, 2.75) is 33.6 Å². The topological polar surface area (TPSA) is 41.1 Å². The maximum Gasteiger partial charge on any atom is 0.137 e. The van der Waals surface area contributed by atoms with Gasteiger partial charge in [-0.05, 0) is 24.7 Å². The van der Waals surface area contributed by atoms with E-state index in [2.05, 4.69) is 41.0 Å². The monoisotopic (exact) mass is 248 g/mol. The van der Waals surface area contributed by atoms with E-state index in [1.165, 1.54) is 12.0 Å². The summed E-state index contributed by atoms with van der Waals surface area (Å²) in [7, 11) is 1.92. The molecule has 0 saturated carbocycles. The van der Waals surface area contributed by atoms with Gasteiger partial charge in [0.2, 0.25) is 0 Å². The Morgan fingerprint density at radius 2 is 2.11 bits per heavy atom. The average molecular weight is 248 g/mol. The Kier molecular flexibility index (Phi) is 4.04. The molecule has 1 aliphatic rings. The van der Waals surface area contributed by atoms with E-state index in [1.807, 2.05) is 7.05 Å². The predicted molar refractivity (Wildman–Crippen MR) is 76.1 cm³/mol. The number of rotatable bonds is 3. The summed E-state index contributed by atoms with van der Waals surface area (Å²) in [5, 5.41) is 3.17. The highest BCUT2D eigenvalue weighted by Crippen LogP contribution is 2.30. The second kappa shape index (κ2) is 5.55. The van der Waals surface area contributed by atoms with Crippen molar-refractivity contribution >= 4 is 11.6 Å². The number of nitrogens with zero attached hydrogens (tertiary/aromatic N) is 3. The van der Waals surface area contributed by atoms with Gasteiger partial charge in [0.05, 0.1) is 0 Å². The van der Waals surface area contributed by atoms with Crippen LogP contribution in [-0.4, -0.2) is 30.1 Å². The molecule has 18 heavy (non-hydrogen) atoms. The Morgan fingerprint density at radius 1 is 1.33 bits per heavy atom. The molecule has 2 atom stereocenters. The molecule has 0 aliphatic carbocycles. The maximum atomic E-state index is 4.52. The van der Waals surface area contributed by atoms with E-state index in [4.69, 9.17) is 0 Å². The van der Waals surface area contributed by atoms with Crippen LogP contribution < -0.4 is 10.2 Å². The smallest absolute Gasteiger partial charge is 0.137 e. The third-order valence-electron chi connectivity index (χ3n) is 4.15. The highest BCUT2D eigenvalue weighted by molar-refractivity contribution is 5.58. The number of nitrogens with one attached hydrogen (secondary N) is 1. The van der Waals surface area contributed by atoms with Crippen LogP contribution in [-0.2, 0) is 6.42 Å². The second-order valence-electron chi connectivity index (χ2n) is 5.32. The minimum Gasteiger partial charge on any atom is -0.373 e. The quantitative estimate of drug-likeness (QED) is 0.892. The molecule has 4 nitrogen and oxygen atoms in total. The van der Waals surface area contributed by atoms with Gasteiger partial charge in [0.25, 0.3) is 0 Å². The molecule has 1 saturated heterocycles. The fourth-order valence-corrected chi connectivity index (χ4v) is 2.67. The van der Waals surface area contributed by atoms with Crippen molar-refractivity contribution in [3.63, 3.8) is 0 Å². The normalized spacial score (nSPS) is 24.1. The molecule has 1 fully saturated rings. The Morgan fingerprint density at radius 3 is 2.72 bits per heavy atom. The van der Waals surface area contributed by atoms with Crippen LogP contribution in [0, 0.1) is 11.8 Å². The standard InChI is InChI=1S/C14H24N4/c1-5-12-13(15-4)16-9-17-14(12)18-7-6-10(2)11(3)8-18/h9-11H,5-8H2,1-4H3,(H,15,16,17). The van der Waals surface area contributed by atoms with E-state index < -0.39 is 0 Å². The minimum atomic E-state index is 0.733. The molecule has 2 rings (SSSR count). The molecule has 100 valence electrons. The molecule has 0 radical (unpaired) electrons. The van der Waals surface area contributed by atoms with Gasteiger partial charge < -0.3 is 10.2 Å². The average Bonchev–Trinajstić information content (AvgIpc) is 2.40. The van der Waals surface area contributed by atoms with Crippen molar-refractivity contribution in [1.82, 2.24) is 9.97 Å². The SMILES string of the molecule is CCc1c(NC)ncnc1N1CCC(C)C(C)C1. The van der Waals surface area contributed by atoms with Gasteiger partial charge in [-0.25, -0.2) is 9.97 Å². The van der Waals surface area contributed by atoms with Crippen LogP contribution >= 0.6 is 0 Å². The Hall–Kier alpha value is -1.32. The lowest BCUT2D eigenvalue weighted by Gasteiger charge is -2.37. The van der Waals surface area contributed by atoms with Crippen molar-refractivity contribution in [2.75, 3.05) is 30.4 Å². The molecule has 0 amide bonds. The van der Waals surface area contributed by atoms with Gasteiger partial charge in [0.15, 0.2) is 0 Å². The minimum absolute atomic E-state index is 0.733. The van der Waals surface area contributed by atoms with Gasteiger partial charge in [-0.3, -0.25) is 0 Å². The van der Waals surface area contributed by atoms with E-state index in [1.54, 1.807) is 6.33 Å². The molecule has 1 aromatic heterocycles. The van der Waals surface area contributed by atoms with Crippen LogP contribution in [0.15, 0.2) is 6.33 Å². The first-order valence-electron chi connectivity index (χ1n) is 6.93. The summed E-state index contributed by atoms with van der Waals surface area (Å²) in [6.45, 7) is 9.07. The highest BCUT2D eigenvalue weighted by Gasteiger charge is 2.25. The number of hydrogen-bond acceptors (Lipinski definition) is 4. The van der Waals surface area contributed by atoms with Gasteiger partial charge in [-0.2, -0.15) is 0 Å². The van der Waals surface area contributed by atoms with E-state index >= 15 is 0 Å². The van der Waals surface area contributed by atoms with Crippen LogP contribution in [0.25, 0.3) is 0 Å². The molecular formula is C14H24N4. The zero-order valence-corrected chi connectivity index (χ0v) is 11.9. The fraction of sp³-hybridized carbons (Fsp3) is 0.714. The first-order valence-corrected chi connectivity index (χ1v) is 6.93. The van der Waals surface area contributed by atoms with E-state index in [9.17, 15) is 0 Å². The van der Waals surface area contributed by atoms with Gasteiger partial charge in [-0.15, -0.1) is 0 Å². The van der Waals surface area contributed by atoms with Crippen LogP contribution in [0.4, 0.5) is 11.6 Å². The van der Waals surface area contributed by atoms with Crippen molar-refractivity contribution < 1.29 is 0 Å². The van der Waals surface area contributed by atoms with Gasteiger partial charge in [-0.1, -0.05) is 20.8 Å². The maximum absolute atomic E-state index is 4.52. The Bertz CT molecular complexity index is 405. The molecule has 4 heteroatoms. The van der Waals surface area contributed by atoms with Crippen molar-refractivity contribution in [3.8, 4) is 0 Å². The molecule has 0 aromatic carbocycles. The summed E-state index contributed by atoms with van der Waals surface area (Å²) in [6.07, 6.45) is 3.89. The summed E-state index contributed by atoms with van der Waals surface area (Å²) in [5.74, 6) is 3.64. The summed E-state index contributed by atoms with van der Waals surface area (Å²) < 4.78 is 0. The summed E-state index contributed by atoms with van der Waals surface area (Å²) >= 11 is 0. The van der Waals surface area contributed by atoms with Crippen molar-refractivity contribution in [3.05, 3.63) is 11.9 Å². The molecule has 0 spiro atoms. The van der Waals surface area contributed by atoms with E-state index in [-0.39, 0.29) is 0 Å². The predicted octanol–water partition coefficient (Wildman–Crippen LogP) is 2.56. The number of hydrogen-bond donors (Lipinski definition) is 1. The third kappa shape index (κ3) is 2.42. The zero-order chi connectivity index (χ0) is 13.1. The summed E-state index contributed by atoms with van der Waals surface area (Å²) in [4.78, 5) is 11.2. The Labute approximate surface area is 110 Å². The highest BCUT2D eigenvalue weighted by atomic mass is 15.2. The lowest BCUT2D eigenvalue weighted by Crippen LogP contribution is -2.39. The fourth-order valence-electron chi connectivity index (χ4n) is 2.67. The summed E-state index contributed by atoms with van der Waals surface area (Å²) in [6, 6.07) is 0. The molecular weight excluding hydrogens is 224 g/mol. The third-order valence-corrected chi connectivity index (χ3v) is 4.15. The van der Waals surface area contributed by atoms with Crippen LogP contribution in [0.2, 0.25) is 0 Å². The van der Waals surface area contributed by atoms with E-state index in [0.29, 0.717) is 0 Å². The first kappa shape index (κ1) is 13.1. The molecule has 1 aromatic rings. The molecule has 1 aliphatic heterocycles. The van der Waals surface area contributed by atoms with Gasteiger partial charge in [0, 0.05) is 25.7 Å². The molecule has 2 heterocycles. The van der Waals surface area contributed by atoms with Crippen molar-refractivity contribution in [1.29, 1.82) is 0 Å². The van der Waals surface area contributed by atoms with Crippen molar-refractivity contribution in [2.24, 2.45) is 11.8 Å². The lowest BCUT2D eigenvalue weighted by molar-refractivity contribution is 0.322. The zero-order valence-electron chi connectivity index (χ0n) is 11.9. The molecule has 1 N–H and O–H groups in total. The summed E-state index contributed by atoms with van der Waals surface area (Å²) in [5.41, 5.74) is 1.24. The number of aromatic nitrogens is 2. The largest absolute Gasteiger partial charge is 0.373 e. The number of anilines is 2. The first-order chi connectivity index (χ1) is 8.67. The van der Waals surface area contributed by atoms with E-state index in [0.717, 1.165) is 43.0 Å². The Balaban J connectivity index is 2.28. The molecule has 0 bridgehead atoms. The van der Waals surface area contributed by atoms with Crippen LogP contribution in [0.1, 0.15) is 32.8 Å². The van der Waals surface area contributed by atoms with Crippen LogP contribution in [0.3, 0.4) is 0 Å². The molecule has 2 unspecified atom stereocenters. The van der Waals surface area contributed by atoms with Gasteiger partial charge >= 0.3 is 0 Å². The van der Waals surface area contributed by atoms with Crippen LogP contribution in [0.5, 0.6) is 0 Å². The number of piperidine rings is 1.